The van der Waals surface area contributed by atoms with E-state index in [1.807, 2.05) is 4.90 Å². The van der Waals surface area contributed by atoms with Crippen molar-refractivity contribution in [1.29, 1.82) is 0 Å². The van der Waals surface area contributed by atoms with E-state index in [0.29, 0.717) is 30.1 Å². The van der Waals surface area contributed by atoms with E-state index in [-0.39, 0.29) is 17.9 Å². The van der Waals surface area contributed by atoms with Crippen molar-refractivity contribution in [2.75, 3.05) is 45.9 Å². The standard InChI is InChI=1S/C19H26ClN3O3/c20-16-5-3-15(4-6-16)19(25)23(14-17-2-1-13-26-17)10-7-18(24)22-11-8-21-9-12-22/h3-6,17,21H,1-2,7-14H2/t17-/m1/s1. The zero-order chi connectivity index (χ0) is 18.4. The highest BCUT2D eigenvalue weighted by atomic mass is 35.5. The predicted molar refractivity (Wildman–Crippen MR) is 100 cm³/mol. The van der Waals surface area contributed by atoms with E-state index in [1.165, 1.54) is 0 Å². The van der Waals surface area contributed by atoms with Gasteiger partial charge >= 0.3 is 0 Å². The molecule has 6 nitrogen and oxygen atoms in total. The molecule has 0 unspecified atom stereocenters. The Hall–Kier alpha value is -1.63. The average molecular weight is 380 g/mol. The molecule has 2 aliphatic rings. The summed E-state index contributed by atoms with van der Waals surface area (Å²) in [7, 11) is 0. The summed E-state index contributed by atoms with van der Waals surface area (Å²) in [6.07, 6.45) is 2.37. The van der Waals surface area contributed by atoms with Crippen LogP contribution in [0.2, 0.25) is 5.02 Å². The first kappa shape index (κ1) is 19.1. The maximum absolute atomic E-state index is 12.9. The molecule has 0 bridgehead atoms. The molecule has 2 amide bonds. The van der Waals surface area contributed by atoms with E-state index in [4.69, 9.17) is 16.3 Å². The van der Waals surface area contributed by atoms with Gasteiger partial charge in [0, 0.05) is 62.9 Å². The highest BCUT2D eigenvalue weighted by Crippen LogP contribution is 2.17. The van der Waals surface area contributed by atoms with Gasteiger partial charge in [-0.1, -0.05) is 11.6 Å². The molecule has 1 atom stereocenters. The largest absolute Gasteiger partial charge is 0.376 e. The number of hydrogen-bond acceptors (Lipinski definition) is 4. The number of hydrogen-bond donors (Lipinski definition) is 1. The van der Waals surface area contributed by atoms with Crippen molar-refractivity contribution >= 4 is 23.4 Å². The number of piperazine rings is 1. The van der Waals surface area contributed by atoms with Crippen LogP contribution in [0.5, 0.6) is 0 Å². The molecule has 3 rings (SSSR count). The minimum absolute atomic E-state index is 0.0561. The van der Waals surface area contributed by atoms with Gasteiger partial charge in [0.2, 0.25) is 5.91 Å². The first-order valence-corrected chi connectivity index (χ1v) is 9.66. The van der Waals surface area contributed by atoms with E-state index in [0.717, 1.165) is 45.6 Å². The molecular formula is C19H26ClN3O3. The zero-order valence-corrected chi connectivity index (χ0v) is 15.7. The second-order valence-electron chi connectivity index (χ2n) is 6.77. The lowest BCUT2D eigenvalue weighted by atomic mass is 10.1. The van der Waals surface area contributed by atoms with Gasteiger partial charge in [-0.15, -0.1) is 0 Å². The summed E-state index contributed by atoms with van der Waals surface area (Å²) in [5, 5.41) is 3.84. The Morgan fingerprint density at radius 2 is 1.96 bits per heavy atom. The van der Waals surface area contributed by atoms with Crippen molar-refractivity contribution in [2.24, 2.45) is 0 Å². The molecule has 7 heteroatoms. The van der Waals surface area contributed by atoms with Crippen molar-refractivity contribution in [2.45, 2.75) is 25.4 Å². The van der Waals surface area contributed by atoms with Crippen LogP contribution in [0.3, 0.4) is 0 Å². The molecule has 2 heterocycles. The normalized spacial score (nSPS) is 20.2. The molecule has 0 aliphatic carbocycles. The lowest BCUT2D eigenvalue weighted by Crippen LogP contribution is -2.47. The number of nitrogens with zero attached hydrogens (tertiary/aromatic N) is 2. The summed E-state index contributed by atoms with van der Waals surface area (Å²) in [6, 6.07) is 6.88. The fourth-order valence-electron chi connectivity index (χ4n) is 3.39. The summed E-state index contributed by atoms with van der Waals surface area (Å²) < 4.78 is 5.69. The minimum Gasteiger partial charge on any atom is -0.376 e. The molecule has 1 aromatic rings. The third kappa shape index (κ3) is 5.19. The molecule has 26 heavy (non-hydrogen) atoms. The van der Waals surface area contributed by atoms with Gasteiger partial charge in [-0.05, 0) is 37.1 Å². The van der Waals surface area contributed by atoms with Gasteiger partial charge in [0.25, 0.3) is 5.91 Å². The maximum Gasteiger partial charge on any atom is 0.253 e. The fraction of sp³-hybridized carbons (Fsp3) is 0.579. The van der Waals surface area contributed by atoms with E-state index < -0.39 is 0 Å². The Morgan fingerprint density at radius 3 is 2.62 bits per heavy atom. The Kier molecular flexibility index (Phi) is 6.88. The summed E-state index contributed by atoms with van der Waals surface area (Å²) in [6.45, 7) is 4.79. The summed E-state index contributed by atoms with van der Waals surface area (Å²) in [5.41, 5.74) is 0.585. The van der Waals surface area contributed by atoms with E-state index >= 15 is 0 Å². The lowest BCUT2D eigenvalue weighted by Gasteiger charge is -2.30. The van der Waals surface area contributed by atoms with Gasteiger partial charge in [0.05, 0.1) is 6.10 Å². The van der Waals surface area contributed by atoms with Crippen molar-refractivity contribution < 1.29 is 14.3 Å². The smallest absolute Gasteiger partial charge is 0.253 e. The molecule has 142 valence electrons. The van der Waals surface area contributed by atoms with E-state index in [2.05, 4.69) is 5.32 Å². The van der Waals surface area contributed by atoms with Gasteiger partial charge in [0.15, 0.2) is 0 Å². The molecular weight excluding hydrogens is 354 g/mol. The Labute approximate surface area is 159 Å². The number of benzene rings is 1. The van der Waals surface area contributed by atoms with Crippen molar-refractivity contribution in [3.8, 4) is 0 Å². The first-order valence-electron chi connectivity index (χ1n) is 9.28. The van der Waals surface area contributed by atoms with Crippen LogP contribution in [0, 0.1) is 0 Å². The number of carbonyl (C=O) groups is 2. The SMILES string of the molecule is O=C(CCN(C[C@H]1CCCO1)C(=O)c1ccc(Cl)cc1)N1CCNCC1. The van der Waals surface area contributed by atoms with Crippen LogP contribution in [0.25, 0.3) is 0 Å². The van der Waals surface area contributed by atoms with Crippen LogP contribution in [0.1, 0.15) is 29.6 Å². The van der Waals surface area contributed by atoms with Gasteiger partial charge in [-0.3, -0.25) is 9.59 Å². The third-order valence-electron chi connectivity index (χ3n) is 4.89. The number of ether oxygens (including phenoxy) is 1. The number of nitrogens with one attached hydrogen (secondary N) is 1. The summed E-state index contributed by atoms with van der Waals surface area (Å²) >= 11 is 5.92. The second-order valence-corrected chi connectivity index (χ2v) is 7.21. The zero-order valence-electron chi connectivity index (χ0n) is 15.0. The van der Waals surface area contributed by atoms with Crippen molar-refractivity contribution in [1.82, 2.24) is 15.1 Å². The van der Waals surface area contributed by atoms with Gasteiger partial charge in [-0.25, -0.2) is 0 Å². The highest BCUT2D eigenvalue weighted by molar-refractivity contribution is 6.30. The van der Waals surface area contributed by atoms with Gasteiger partial charge in [-0.2, -0.15) is 0 Å². The number of rotatable bonds is 6. The minimum atomic E-state index is -0.0784. The highest BCUT2D eigenvalue weighted by Gasteiger charge is 2.25. The number of halogens is 1. The molecule has 0 aromatic heterocycles. The van der Waals surface area contributed by atoms with Crippen LogP contribution >= 0.6 is 11.6 Å². The molecule has 0 radical (unpaired) electrons. The second kappa shape index (κ2) is 9.35. The molecule has 0 spiro atoms. The first-order chi connectivity index (χ1) is 12.6. The molecule has 1 aromatic carbocycles. The third-order valence-corrected chi connectivity index (χ3v) is 5.14. The van der Waals surface area contributed by atoms with Crippen LogP contribution in [-0.4, -0.2) is 73.6 Å². The molecule has 2 fully saturated rings. The van der Waals surface area contributed by atoms with Crippen molar-refractivity contribution in [3.63, 3.8) is 0 Å². The summed E-state index contributed by atoms with van der Waals surface area (Å²) in [5.74, 6) is 0.0259. The van der Waals surface area contributed by atoms with Crippen LogP contribution in [-0.2, 0) is 9.53 Å². The topological polar surface area (TPSA) is 61.9 Å². The van der Waals surface area contributed by atoms with E-state index in [9.17, 15) is 9.59 Å². The van der Waals surface area contributed by atoms with Crippen LogP contribution in [0.15, 0.2) is 24.3 Å². The van der Waals surface area contributed by atoms with Crippen LogP contribution in [0.4, 0.5) is 0 Å². The molecule has 0 saturated carbocycles. The van der Waals surface area contributed by atoms with Gasteiger partial charge < -0.3 is 19.9 Å². The number of amides is 2. The quantitative estimate of drug-likeness (QED) is 0.818. The van der Waals surface area contributed by atoms with Gasteiger partial charge in [0.1, 0.15) is 0 Å². The fourth-order valence-corrected chi connectivity index (χ4v) is 3.51. The van der Waals surface area contributed by atoms with E-state index in [1.54, 1.807) is 29.2 Å². The lowest BCUT2D eigenvalue weighted by molar-refractivity contribution is -0.132. The molecule has 1 N–H and O–H groups in total. The molecule has 2 saturated heterocycles. The molecule has 2 aliphatic heterocycles. The van der Waals surface area contributed by atoms with Crippen LogP contribution < -0.4 is 5.32 Å². The Morgan fingerprint density at radius 1 is 1.23 bits per heavy atom. The monoisotopic (exact) mass is 379 g/mol. The average Bonchev–Trinajstić information content (AvgIpc) is 3.19. The Bertz CT molecular complexity index is 611. The predicted octanol–water partition coefficient (Wildman–Crippen LogP) is 1.78. The maximum atomic E-state index is 12.9. The Balaban J connectivity index is 1.63. The van der Waals surface area contributed by atoms with Crippen molar-refractivity contribution in [3.05, 3.63) is 34.9 Å². The summed E-state index contributed by atoms with van der Waals surface area (Å²) in [4.78, 5) is 29.0. The number of carbonyl (C=O) groups excluding carboxylic acids is 2.